The molecule has 1 saturated heterocycles. The number of likely N-dealkylation sites (tertiary alicyclic amines) is 1. The molecule has 1 heterocycles. The van der Waals surface area contributed by atoms with Crippen LogP contribution in [0, 0.1) is 0 Å². The monoisotopic (exact) mass is 286 g/mol. The highest BCUT2D eigenvalue weighted by Gasteiger charge is 2.49. The van der Waals surface area contributed by atoms with Crippen LogP contribution in [-0.4, -0.2) is 66.3 Å². The van der Waals surface area contributed by atoms with Crippen LogP contribution in [0.15, 0.2) is 0 Å². The number of hydrogen-bond acceptors (Lipinski definition) is 3. The van der Waals surface area contributed by atoms with Crippen molar-refractivity contribution in [3.05, 3.63) is 0 Å². The molecule has 6 heteroatoms. The molecule has 0 radical (unpaired) electrons. The molecule has 1 atom stereocenters. The first-order valence-electron chi connectivity index (χ1n) is 7.24. The second-order valence-electron chi connectivity index (χ2n) is 5.39. The number of aliphatic carboxylic acids is 1. The number of rotatable bonds is 7. The van der Waals surface area contributed by atoms with Crippen molar-refractivity contribution in [2.75, 3.05) is 33.9 Å². The highest BCUT2D eigenvalue weighted by Crippen LogP contribution is 2.34. The maximum Gasteiger partial charge on any atom is 0.329 e. The van der Waals surface area contributed by atoms with Crippen LogP contribution in [0.2, 0.25) is 0 Å². The Hall–Kier alpha value is -1.30. The van der Waals surface area contributed by atoms with Gasteiger partial charge in [0, 0.05) is 33.9 Å². The standard InChI is InChI=1S/C14H26N2O4/c1-4-7-14(12(17)18)8-5-10-16(14)13(19)15(2)9-6-11-20-3/h4-11H2,1-3H3,(H,17,18). The number of ether oxygens (including phenoxy) is 1. The van der Waals surface area contributed by atoms with E-state index >= 15 is 0 Å². The van der Waals surface area contributed by atoms with E-state index in [0.717, 1.165) is 19.3 Å². The van der Waals surface area contributed by atoms with E-state index in [4.69, 9.17) is 4.74 Å². The zero-order valence-electron chi connectivity index (χ0n) is 12.7. The minimum absolute atomic E-state index is 0.186. The second-order valence-corrected chi connectivity index (χ2v) is 5.39. The molecule has 1 aliphatic heterocycles. The van der Waals surface area contributed by atoms with Crippen molar-refractivity contribution in [2.45, 2.75) is 44.6 Å². The lowest BCUT2D eigenvalue weighted by Gasteiger charge is -2.37. The summed E-state index contributed by atoms with van der Waals surface area (Å²) in [5.41, 5.74) is -1.01. The van der Waals surface area contributed by atoms with Crippen molar-refractivity contribution in [1.82, 2.24) is 9.80 Å². The van der Waals surface area contributed by atoms with Gasteiger partial charge in [-0.05, 0) is 25.7 Å². The van der Waals surface area contributed by atoms with Gasteiger partial charge < -0.3 is 19.6 Å². The number of carbonyl (C=O) groups is 2. The Bertz CT molecular complexity index is 348. The molecule has 1 rings (SSSR count). The Kier molecular flexibility index (Phi) is 6.26. The summed E-state index contributed by atoms with van der Waals surface area (Å²) in [5.74, 6) is -0.879. The normalized spacial score (nSPS) is 22.1. The molecule has 6 nitrogen and oxygen atoms in total. The predicted octanol–water partition coefficient (Wildman–Crippen LogP) is 1.79. The van der Waals surface area contributed by atoms with E-state index in [1.165, 1.54) is 0 Å². The zero-order chi connectivity index (χ0) is 15.2. The van der Waals surface area contributed by atoms with E-state index in [9.17, 15) is 14.7 Å². The van der Waals surface area contributed by atoms with Crippen LogP contribution in [0.3, 0.4) is 0 Å². The Labute approximate surface area is 120 Å². The number of urea groups is 1. The van der Waals surface area contributed by atoms with Gasteiger partial charge in [-0.3, -0.25) is 0 Å². The van der Waals surface area contributed by atoms with E-state index in [0.29, 0.717) is 32.5 Å². The molecule has 20 heavy (non-hydrogen) atoms. The van der Waals surface area contributed by atoms with Crippen LogP contribution in [0.5, 0.6) is 0 Å². The van der Waals surface area contributed by atoms with Gasteiger partial charge in [0.05, 0.1) is 0 Å². The summed E-state index contributed by atoms with van der Waals surface area (Å²) >= 11 is 0. The van der Waals surface area contributed by atoms with Crippen LogP contribution in [0.4, 0.5) is 4.79 Å². The molecule has 1 fully saturated rings. The maximum absolute atomic E-state index is 12.5. The third-order valence-electron chi connectivity index (χ3n) is 3.95. The minimum atomic E-state index is -1.01. The van der Waals surface area contributed by atoms with Gasteiger partial charge >= 0.3 is 12.0 Å². The molecule has 1 N–H and O–H groups in total. The van der Waals surface area contributed by atoms with Gasteiger partial charge in [0.1, 0.15) is 5.54 Å². The van der Waals surface area contributed by atoms with E-state index in [2.05, 4.69) is 0 Å². The summed E-state index contributed by atoms with van der Waals surface area (Å²) in [6, 6.07) is -0.186. The van der Waals surface area contributed by atoms with Crippen LogP contribution in [0.25, 0.3) is 0 Å². The number of methoxy groups -OCH3 is 1. The zero-order valence-corrected chi connectivity index (χ0v) is 12.7. The highest BCUT2D eigenvalue weighted by molar-refractivity contribution is 5.87. The summed E-state index contributed by atoms with van der Waals surface area (Å²) in [5, 5.41) is 9.58. The lowest BCUT2D eigenvalue weighted by Crippen LogP contribution is -2.56. The van der Waals surface area contributed by atoms with Gasteiger partial charge in [0.25, 0.3) is 0 Å². The third kappa shape index (κ3) is 3.42. The fourth-order valence-corrected chi connectivity index (χ4v) is 2.91. The first-order chi connectivity index (χ1) is 9.49. The molecule has 0 aromatic heterocycles. The van der Waals surface area contributed by atoms with E-state index in [1.54, 1.807) is 24.0 Å². The van der Waals surface area contributed by atoms with Crippen molar-refractivity contribution < 1.29 is 19.4 Å². The van der Waals surface area contributed by atoms with Gasteiger partial charge in [0.15, 0.2) is 0 Å². The smallest absolute Gasteiger partial charge is 0.329 e. The quantitative estimate of drug-likeness (QED) is 0.724. The molecule has 0 aromatic carbocycles. The lowest BCUT2D eigenvalue weighted by molar-refractivity contribution is -0.148. The molecule has 0 spiro atoms. The van der Waals surface area contributed by atoms with Crippen molar-refractivity contribution in [3.63, 3.8) is 0 Å². The molecule has 0 bridgehead atoms. The van der Waals surface area contributed by atoms with Gasteiger partial charge in [-0.2, -0.15) is 0 Å². The van der Waals surface area contributed by atoms with Crippen LogP contribution in [-0.2, 0) is 9.53 Å². The second kappa shape index (κ2) is 7.47. The first-order valence-corrected chi connectivity index (χ1v) is 7.24. The third-order valence-corrected chi connectivity index (χ3v) is 3.95. The highest BCUT2D eigenvalue weighted by atomic mass is 16.5. The summed E-state index contributed by atoms with van der Waals surface area (Å²) < 4.78 is 4.97. The number of amides is 2. The molecule has 1 aliphatic rings. The Morgan fingerprint density at radius 1 is 1.45 bits per heavy atom. The number of carboxylic acids is 1. The Morgan fingerprint density at radius 2 is 2.15 bits per heavy atom. The molecule has 1 unspecified atom stereocenters. The van der Waals surface area contributed by atoms with Crippen LogP contribution in [0.1, 0.15) is 39.0 Å². The SMILES string of the molecule is CCCC1(C(=O)O)CCCN1C(=O)N(C)CCCOC. The Morgan fingerprint density at radius 3 is 2.70 bits per heavy atom. The number of hydrogen-bond donors (Lipinski definition) is 1. The minimum Gasteiger partial charge on any atom is -0.479 e. The van der Waals surface area contributed by atoms with E-state index < -0.39 is 11.5 Å². The number of carbonyl (C=O) groups excluding carboxylic acids is 1. The van der Waals surface area contributed by atoms with Crippen LogP contribution >= 0.6 is 0 Å². The van der Waals surface area contributed by atoms with Crippen LogP contribution < -0.4 is 0 Å². The molecule has 0 saturated carbocycles. The summed E-state index contributed by atoms with van der Waals surface area (Å²) in [6.07, 6.45) is 3.32. The fraction of sp³-hybridized carbons (Fsp3) is 0.857. The van der Waals surface area contributed by atoms with Crippen molar-refractivity contribution in [3.8, 4) is 0 Å². The summed E-state index contributed by atoms with van der Waals surface area (Å²) in [4.78, 5) is 27.3. The number of carboxylic acid groups (broad SMARTS) is 1. The summed E-state index contributed by atoms with van der Waals surface area (Å²) in [7, 11) is 3.34. The van der Waals surface area contributed by atoms with Gasteiger partial charge in [0.2, 0.25) is 0 Å². The topological polar surface area (TPSA) is 70.1 Å². The van der Waals surface area contributed by atoms with E-state index in [-0.39, 0.29) is 6.03 Å². The largest absolute Gasteiger partial charge is 0.479 e. The van der Waals surface area contributed by atoms with Crippen molar-refractivity contribution >= 4 is 12.0 Å². The fourth-order valence-electron chi connectivity index (χ4n) is 2.91. The average molecular weight is 286 g/mol. The summed E-state index contributed by atoms with van der Waals surface area (Å²) in [6.45, 7) is 3.65. The molecule has 2 amide bonds. The molecule has 116 valence electrons. The Balaban J connectivity index is 2.76. The van der Waals surface area contributed by atoms with Gasteiger partial charge in [-0.15, -0.1) is 0 Å². The van der Waals surface area contributed by atoms with E-state index in [1.807, 2.05) is 6.92 Å². The number of nitrogens with zero attached hydrogens (tertiary/aromatic N) is 2. The molecule has 0 aliphatic carbocycles. The van der Waals surface area contributed by atoms with Gasteiger partial charge in [-0.1, -0.05) is 13.3 Å². The molecule has 0 aromatic rings. The van der Waals surface area contributed by atoms with Crippen molar-refractivity contribution in [2.24, 2.45) is 0 Å². The lowest BCUT2D eigenvalue weighted by atomic mass is 9.91. The molecular weight excluding hydrogens is 260 g/mol. The van der Waals surface area contributed by atoms with Crippen molar-refractivity contribution in [1.29, 1.82) is 0 Å². The first kappa shape index (κ1) is 16.8. The van der Waals surface area contributed by atoms with Gasteiger partial charge in [-0.25, -0.2) is 9.59 Å². The average Bonchev–Trinajstić information content (AvgIpc) is 2.83. The predicted molar refractivity (Wildman–Crippen MR) is 75.7 cm³/mol. The maximum atomic E-state index is 12.5. The molecular formula is C14H26N2O4.